The van der Waals surface area contributed by atoms with Gasteiger partial charge in [0.2, 0.25) is 0 Å². The molecule has 13 heavy (non-hydrogen) atoms. The maximum Gasteiger partial charge on any atom is 0.190 e. The second-order valence-corrected chi connectivity index (χ2v) is 3.78. The zero-order chi connectivity index (χ0) is 9.68. The number of methoxy groups -OCH3 is 1. The van der Waals surface area contributed by atoms with Crippen LogP contribution >= 0.6 is 11.8 Å². The molecule has 0 radical (unpaired) electrons. The highest BCUT2D eigenvalue weighted by molar-refractivity contribution is 8.00. The molecule has 0 amide bonds. The number of thioether (sulfide) groups is 1. The first-order chi connectivity index (χ1) is 6.22. The zero-order valence-corrected chi connectivity index (χ0v) is 8.65. The molecule has 0 heterocycles. The van der Waals surface area contributed by atoms with Gasteiger partial charge < -0.3 is 4.74 Å². The highest BCUT2D eigenvalue weighted by atomic mass is 32.2. The standard InChI is InChI=1S/C10H13NOS/c1-8-3-5-9(6-4-8)13-7-10(11)12-2/h3-6,11H,7H2,1-2H3. The molecule has 0 spiro atoms. The zero-order valence-electron chi connectivity index (χ0n) is 7.83. The molecule has 0 bridgehead atoms. The van der Waals surface area contributed by atoms with E-state index in [0.29, 0.717) is 11.7 Å². The minimum atomic E-state index is 0.311. The van der Waals surface area contributed by atoms with Gasteiger partial charge in [0.1, 0.15) is 0 Å². The second kappa shape index (κ2) is 4.92. The van der Waals surface area contributed by atoms with E-state index in [1.807, 2.05) is 0 Å². The number of aryl methyl sites for hydroxylation is 1. The van der Waals surface area contributed by atoms with Crippen molar-refractivity contribution in [1.82, 2.24) is 0 Å². The van der Waals surface area contributed by atoms with Crippen molar-refractivity contribution in [2.75, 3.05) is 12.9 Å². The van der Waals surface area contributed by atoms with Crippen LogP contribution in [0.1, 0.15) is 5.56 Å². The fourth-order valence-corrected chi connectivity index (χ4v) is 1.59. The van der Waals surface area contributed by atoms with Gasteiger partial charge in [-0.25, -0.2) is 0 Å². The molecular formula is C10H13NOS. The molecular weight excluding hydrogens is 182 g/mol. The maximum atomic E-state index is 7.29. The van der Waals surface area contributed by atoms with Gasteiger partial charge in [0.05, 0.1) is 12.9 Å². The lowest BCUT2D eigenvalue weighted by atomic mass is 10.2. The van der Waals surface area contributed by atoms with E-state index >= 15 is 0 Å². The highest BCUT2D eigenvalue weighted by Gasteiger charge is 1.97. The molecule has 0 aromatic heterocycles. The molecule has 0 aliphatic heterocycles. The lowest BCUT2D eigenvalue weighted by Crippen LogP contribution is -2.01. The summed E-state index contributed by atoms with van der Waals surface area (Å²) in [7, 11) is 1.53. The Hall–Kier alpha value is -0.960. The average molecular weight is 195 g/mol. The van der Waals surface area contributed by atoms with Gasteiger partial charge in [-0.15, -0.1) is 11.8 Å². The van der Waals surface area contributed by atoms with Gasteiger partial charge in [-0.2, -0.15) is 0 Å². The number of benzene rings is 1. The van der Waals surface area contributed by atoms with Crippen LogP contribution in [0.25, 0.3) is 0 Å². The minimum absolute atomic E-state index is 0.311. The van der Waals surface area contributed by atoms with Gasteiger partial charge in [-0.3, -0.25) is 5.41 Å². The summed E-state index contributed by atoms with van der Waals surface area (Å²) < 4.78 is 4.76. The predicted octanol–water partition coefficient (Wildman–Crippen LogP) is 2.71. The third kappa shape index (κ3) is 3.51. The Morgan fingerprint density at radius 2 is 2.00 bits per heavy atom. The van der Waals surface area contributed by atoms with Gasteiger partial charge in [-0.05, 0) is 19.1 Å². The van der Waals surface area contributed by atoms with Crippen LogP contribution in [-0.4, -0.2) is 18.8 Å². The molecule has 1 rings (SSSR count). The van der Waals surface area contributed by atoms with Gasteiger partial charge in [0.25, 0.3) is 0 Å². The first-order valence-electron chi connectivity index (χ1n) is 4.03. The van der Waals surface area contributed by atoms with E-state index in [2.05, 4.69) is 31.2 Å². The summed E-state index contributed by atoms with van der Waals surface area (Å²) in [5, 5.41) is 7.29. The van der Waals surface area contributed by atoms with E-state index in [4.69, 9.17) is 10.1 Å². The van der Waals surface area contributed by atoms with Gasteiger partial charge in [-0.1, -0.05) is 17.7 Å². The van der Waals surface area contributed by atoms with E-state index in [0.717, 1.165) is 0 Å². The summed E-state index contributed by atoms with van der Waals surface area (Å²) in [5.41, 5.74) is 1.26. The molecule has 0 fully saturated rings. The summed E-state index contributed by atoms with van der Waals surface area (Å²) in [4.78, 5) is 1.17. The normalized spacial score (nSPS) is 9.69. The van der Waals surface area contributed by atoms with Gasteiger partial charge >= 0.3 is 0 Å². The van der Waals surface area contributed by atoms with E-state index < -0.39 is 0 Å². The SMILES string of the molecule is COC(=N)CSc1ccc(C)cc1. The molecule has 1 aromatic rings. The van der Waals surface area contributed by atoms with Crippen molar-refractivity contribution >= 4 is 17.7 Å². The Kier molecular flexibility index (Phi) is 3.83. The van der Waals surface area contributed by atoms with Crippen molar-refractivity contribution in [3.05, 3.63) is 29.8 Å². The van der Waals surface area contributed by atoms with E-state index in [9.17, 15) is 0 Å². The Labute approximate surface area is 82.8 Å². The van der Waals surface area contributed by atoms with Crippen molar-refractivity contribution in [3.63, 3.8) is 0 Å². The number of ether oxygens (including phenoxy) is 1. The van der Waals surface area contributed by atoms with E-state index in [1.165, 1.54) is 17.6 Å². The van der Waals surface area contributed by atoms with E-state index in [1.54, 1.807) is 11.8 Å². The smallest absolute Gasteiger partial charge is 0.190 e. The van der Waals surface area contributed by atoms with Gasteiger partial charge in [0, 0.05) is 4.90 Å². The Bertz CT molecular complexity index is 281. The lowest BCUT2D eigenvalue weighted by molar-refractivity contribution is 0.397. The molecule has 70 valence electrons. The van der Waals surface area contributed by atoms with Crippen LogP contribution in [0.2, 0.25) is 0 Å². The van der Waals surface area contributed by atoms with E-state index in [-0.39, 0.29) is 0 Å². The van der Waals surface area contributed by atoms with Crippen molar-refractivity contribution in [2.45, 2.75) is 11.8 Å². The summed E-state index contributed by atoms with van der Waals surface area (Å²) >= 11 is 1.61. The molecule has 2 nitrogen and oxygen atoms in total. The van der Waals surface area contributed by atoms with Crippen LogP contribution < -0.4 is 0 Å². The molecule has 0 atom stereocenters. The van der Waals surface area contributed by atoms with Crippen LogP contribution in [0.15, 0.2) is 29.2 Å². The summed E-state index contributed by atoms with van der Waals surface area (Å²) in [6.45, 7) is 2.06. The van der Waals surface area contributed by atoms with Crippen molar-refractivity contribution < 1.29 is 4.74 Å². The molecule has 0 aliphatic rings. The van der Waals surface area contributed by atoms with Crippen LogP contribution in [0, 0.1) is 12.3 Å². The number of hydrogen-bond donors (Lipinski definition) is 1. The molecule has 3 heteroatoms. The number of hydrogen-bond acceptors (Lipinski definition) is 3. The molecule has 0 unspecified atom stereocenters. The molecule has 0 aliphatic carbocycles. The summed E-state index contributed by atoms with van der Waals surface area (Å²) in [6, 6.07) is 8.25. The topological polar surface area (TPSA) is 33.1 Å². The molecule has 1 N–H and O–H groups in total. The summed E-state index contributed by atoms with van der Waals surface area (Å²) in [5.74, 6) is 0.908. The largest absolute Gasteiger partial charge is 0.484 e. The Balaban J connectivity index is 2.46. The van der Waals surface area contributed by atoms with Crippen molar-refractivity contribution in [1.29, 1.82) is 5.41 Å². The van der Waals surface area contributed by atoms with Gasteiger partial charge in [0.15, 0.2) is 5.90 Å². The fourth-order valence-electron chi connectivity index (χ4n) is 0.842. The monoisotopic (exact) mass is 195 g/mol. The predicted molar refractivity (Wildman–Crippen MR) is 56.6 cm³/mol. The highest BCUT2D eigenvalue weighted by Crippen LogP contribution is 2.17. The third-order valence-electron chi connectivity index (χ3n) is 1.64. The van der Waals surface area contributed by atoms with Crippen LogP contribution in [0.4, 0.5) is 0 Å². The molecule has 0 saturated heterocycles. The van der Waals surface area contributed by atoms with Crippen LogP contribution in [0.3, 0.4) is 0 Å². The Morgan fingerprint density at radius 1 is 1.38 bits per heavy atom. The van der Waals surface area contributed by atoms with Crippen LogP contribution in [0.5, 0.6) is 0 Å². The van der Waals surface area contributed by atoms with Crippen molar-refractivity contribution in [3.8, 4) is 0 Å². The number of nitrogens with one attached hydrogen (secondary N) is 1. The third-order valence-corrected chi connectivity index (χ3v) is 2.65. The Morgan fingerprint density at radius 3 is 2.54 bits per heavy atom. The summed E-state index contributed by atoms with van der Waals surface area (Å²) in [6.07, 6.45) is 0. The quantitative estimate of drug-likeness (QED) is 0.457. The van der Waals surface area contributed by atoms with Crippen LogP contribution in [-0.2, 0) is 4.74 Å². The maximum absolute atomic E-state index is 7.29. The molecule has 0 saturated carbocycles. The first-order valence-corrected chi connectivity index (χ1v) is 5.02. The minimum Gasteiger partial charge on any atom is -0.484 e. The lowest BCUT2D eigenvalue weighted by Gasteiger charge is -2.02. The fraction of sp³-hybridized carbons (Fsp3) is 0.300. The first kappa shape index (κ1) is 10.1. The second-order valence-electron chi connectivity index (χ2n) is 2.73. The number of rotatable bonds is 3. The van der Waals surface area contributed by atoms with Crippen molar-refractivity contribution in [2.24, 2.45) is 0 Å². The molecule has 1 aromatic carbocycles. The average Bonchev–Trinajstić information content (AvgIpc) is 2.16.